The second-order valence-corrected chi connectivity index (χ2v) is 4.03. The molecule has 2 N–H and O–H groups in total. The second kappa shape index (κ2) is 2.38. The maximum atomic E-state index is 5.99. The van der Waals surface area contributed by atoms with Crippen LogP contribution in [-0.4, -0.2) is 0 Å². The predicted molar refractivity (Wildman–Crippen MR) is 54.7 cm³/mol. The molecule has 1 nitrogen and oxygen atoms in total. The minimum Gasteiger partial charge on any atom is -0.398 e. The number of allylic oxidation sites excluding steroid dienone is 2. The fourth-order valence-electron chi connectivity index (χ4n) is 2.67. The summed E-state index contributed by atoms with van der Waals surface area (Å²) in [6, 6.07) is 6.32. The molecule has 0 heterocycles. The lowest BCUT2D eigenvalue weighted by molar-refractivity contribution is 0.555. The number of rotatable bonds is 0. The summed E-state index contributed by atoms with van der Waals surface area (Å²) in [6.07, 6.45) is 7.25. The van der Waals surface area contributed by atoms with Crippen LogP contribution < -0.4 is 5.73 Å². The van der Waals surface area contributed by atoms with Crippen LogP contribution in [0.25, 0.3) is 0 Å². The first-order valence-corrected chi connectivity index (χ1v) is 4.93. The molecule has 0 aromatic heterocycles. The van der Waals surface area contributed by atoms with Crippen LogP contribution in [0.1, 0.15) is 35.8 Å². The SMILES string of the molecule is Nc1cccc2c1C1C=CC2CC1. The fraction of sp³-hybridized carbons (Fsp3) is 0.333. The predicted octanol–water partition coefficient (Wildman–Crippen LogP) is 2.80. The van der Waals surface area contributed by atoms with E-state index < -0.39 is 0 Å². The summed E-state index contributed by atoms with van der Waals surface area (Å²) in [5, 5.41) is 0. The standard InChI is InChI=1S/C12H13N/c13-11-3-1-2-10-8-4-6-9(7-5-8)12(10)11/h1-4,6,8-9H,5,7,13H2. The molecule has 0 radical (unpaired) electrons. The first-order chi connectivity index (χ1) is 6.36. The van der Waals surface area contributed by atoms with E-state index in [-0.39, 0.29) is 0 Å². The Morgan fingerprint density at radius 3 is 2.54 bits per heavy atom. The lowest BCUT2D eigenvalue weighted by Crippen LogP contribution is -2.18. The minimum absolute atomic E-state index is 0.598. The summed E-state index contributed by atoms with van der Waals surface area (Å²) >= 11 is 0. The third-order valence-electron chi connectivity index (χ3n) is 3.31. The van der Waals surface area contributed by atoms with Crippen molar-refractivity contribution >= 4 is 5.69 Å². The number of hydrogen-bond acceptors (Lipinski definition) is 1. The molecule has 2 atom stereocenters. The van der Waals surface area contributed by atoms with Crippen molar-refractivity contribution in [3.63, 3.8) is 0 Å². The molecule has 1 heteroatoms. The summed E-state index contributed by atoms with van der Waals surface area (Å²) in [5.41, 5.74) is 9.85. The van der Waals surface area contributed by atoms with E-state index in [1.165, 1.54) is 24.0 Å². The van der Waals surface area contributed by atoms with Crippen molar-refractivity contribution < 1.29 is 0 Å². The lowest BCUT2D eigenvalue weighted by Gasteiger charge is -2.34. The molecule has 3 aliphatic rings. The molecular weight excluding hydrogens is 158 g/mol. The zero-order valence-corrected chi connectivity index (χ0v) is 7.53. The maximum Gasteiger partial charge on any atom is 0.0355 e. The summed E-state index contributed by atoms with van der Waals surface area (Å²) in [7, 11) is 0. The Labute approximate surface area is 78.3 Å². The van der Waals surface area contributed by atoms with Crippen LogP contribution in [0.2, 0.25) is 0 Å². The van der Waals surface area contributed by atoms with Gasteiger partial charge in [-0.3, -0.25) is 0 Å². The Balaban J connectivity index is 2.27. The Kier molecular flexibility index (Phi) is 1.32. The average Bonchev–Trinajstić information content (AvgIpc) is 2.20. The zero-order chi connectivity index (χ0) is 8.84. The number of fused-ring (bicyclic) bond motifs is 1. The van der Waals surface area contributed by atoms with Crippen LogP contribution in [0.3, 0.4) is 0 Å². The number of nitrogen functional groups attached to an aromatic ring is 1. The van der Waals surface area contributed by atoms with Gasteiger partial charge >= 0.3 is 0 Å². The van der Waals surface area contributed by atoms with Crippen molar-refractivity contribution in [1.29, 1.82) is 0 Å². The van der Waals surface area contributed by atoms with Gasteiger partial charge in [-0.05, 0) is 30.0 Å². The van der Waals surface area contributed by atoms with Crippen molar-refractivity contribution in [2.45, 2.75) is 24.7 Å². The molecule has 2 unspecified atom stereocenters. The number of hydrogen-bond donors (Lipinski definition) is 1. The molecule has 4 rings (SSSR count). The Bertz CT molecular complexity index is 379. The highest BCUT2D eigenvalue weighted by atomic mass is 14.6. The zero-order valence-electron chi connectivity index (χ0n) is 7.53. The average molecular weight is 171 g/mol. The Hall–Kier alpha value is -1.24. The molecule has 0 saturated heterocycles. The van der Waals surface area contributed by atoms with Gasteiger partial charge in [0.05, 0.1) is 0 Å². The summed E-state index contributed by atoms with van der Waals surface area (Å²) < 4.78 is 0. The van der Waals surface area contributed by atoms with Gasteiger partial charge in [-0.25, -0.2) is 0 Å². The van der Waals surface area contributed by atoms with Crippen molar-refractivity contribution in [1.82, 2.24) is 0 Å². The monoisotopic (exact) mass is 171 g/mol. The highest BCUT2D eigenvalue weighted by molar-refractivity contribution is 5.58. The molecule has 1 aromatic carbocycles. The van der Waals surface area contributed by atoms with Gasteiger partial charge in [0.1, 0.15) is 0 Å². The van der Waals surface area contributed by atoms with Gasteiger partial charge in [-0.15, -0.1) is 0 Å². The highest BCUT2D eigenvalue weighted by Crippen LogP contribution is 2.46. The molecule has 3 aliphatic carbocycles. The van der Waals surface area contributed by atoms with Crippen LogP contribution in [0.4, 0.5) is 5.69 Å². The molecule has 0 spiro atoms. The van der Waals surface area contributed by atoms with Crippen LogP contribution in [0.15, 0.2) is 30.4 Å². The van der Waals surface area contributed by atoms with Gasteiger partial charge in [0.25, 0.3) is 0 Å². The number of benzene rings is 1. The Morgan fingerprint density at radius 1 is 1.08 bits per heavy atom. The van der Waals surface area contributed by atoms with E-state index in [9.17, 15) is 0 Å². The topological polar surface area (TPSA) is 26.0 Å². The first kappa shape index (κ1) is 7.19. The van der Waals surface area contributed by atoms with E-state index in [1.807, 2.05) is 6.07 Å². The molecule has 13 heavy (non-hydrogen) atoms. The van der Waals surface area contributed by atoms with Gasteiger partial charge in [0.2, 0.25) is 0 Å². The van der Waals surface area contributed by atoms with Gasteiger partial charge < -0.3 is 5.73 Å². The molecule has 0 saturated carbocycles. The molecule has 2 bridgehead atoms. The van der Waals surface area contributed by atoms with E-state index in [2.05, 4.69) is 24.3 Å². The largest absolute Gasteiger partial charge is 0.398 e. The van der Waals surface area contributed by atoms with Crippen molar-refractivity contribution in [3.05, 3.63) is 41.5 Å². The number of nitrogens with two attached hydrogens (primary N) is 1. The first-order valence-electron chi connectivity index (χ1n) is 4.93. The van der Waals surface area contributed by atoms with E-state index >= 15 is 0 Å². The number of anilines is 1. The lowest BCUT2D eigenvalue weighted by atomic mass is 9.71. The third-order valence-corrected chi connectivity index (χ3v) is 3.31. The highest BCUT2D eigenvalue weighted by Gasteiger charge is 2.29. The molecular formula is C12H13N. The molecule has 0 fully saturated rings. The van der Waals surface area contributed by atoms with Crippen molar-refractivity contribution in [2.75, 3.05) is 5.73 Å². The molecule has 0 aliphatic heterocycles. The van der Waals surface area contributed by atoms with Gasteiger partial charge in [0.15, 0.2) is 0 Å². The van der Waals surface area contributed by atoms with Crippen molar-refractivity contribution in [2.24, 2.45) is 0 Å². The van der Waals surface area contributed by atoms with Crippen LogP contribution in [-0.2, 0) is 0 Å². The van der Waals surface area contributed by atoms with E-state index in [4.69, 9.17) is 5.73 Å². The van der Waals surface area contributed by atoms with E-state index in [1.54, 1.807) is 0 Å². The summed E-state index contributed by atoms with van der Waals surface area (Å²) in [6.45, 7) is 0. The van der Waals surface area contributed by atoms with E-state index in [0.29, 0.717) is 11.8 Å². The second-order valence-electron chi connectivity index (χ2n) is 4.03. The Morgan fingerprint density at radius 2 is 1.85 bits per heavy atom. The van der Waals surface area contributed by atoms with Crippen molar-refractivity contribution in [3.8, 4) is 0 Å². The van der Waals surface area contributed by atoms with Gasteiger partial charge in [-0.2, -0.15) is 0 Å². The van der Waals surface area contributed by atoms with Gasteiger partial charge in [-0.1, -0.05) is 24.3 Å². The summed E-state index contributed by atoms with van der Waals surface area (Å²) in [5.74, 6) is 1.24. The molecule has 0 amide bonds. The van der Waals surface area contributed by atoms with Gasteiger partial charge in [0, 0.05) is 17.5 Å². The third kappa shape index (κ3) is 0.873. The minimum atomic E-state index is 0.598. The van der Waals surface area contributed by atoms with Crippen LogP contribution in [0, 0.1) is 0 Å². The maximum absolute atomic E-state index is 5.99. The molecule has 1 aromatic rings. The normalized spacial score (nSPS) is 28.9. The fourth-order valence-corrected chi connectivity index (χ4v) is 2.67. The smallest absolute Gasteiger partial charge is 0.0355 e. The molecule has 66 valence electrons. The summed E-state index contributed by atoms with van der Waals surface area (Å²) in [4.78, 5) is 0. The quantitative estimate of drug-likeness (QED) is 0.471. The van der Waals surface area contributed by atoms with Crippen LogP contribution in [0.5, 0.6) is 0 Å². The van der Waals surface area contributed by atoms with E-state index in [0.717, 1.165) is 5.69 Å². The van der Waals surface area contributed by atoms with Crippen LogP contribution >= 0.6 is 0 Å².